The average Bonchev–Trinajstić information content (AvgIpc) is 3.23. The van der Waals surface area contributed by atoms with Crippen LogP contribution < -0.4 is 9.47 Å². The molecular weight excluding hydrogens is 418 g/mol. The lowest BCUT2D eigenvalue weighted by Crippen LogP contribution is -2.69. The lowest BCUT2D eigenvalue weighted by molar-refractivity contribution is -0.385. The van der Waals surface area contributed by atoms with Crippen molar-refractivity contribution in [1.29, 1.82) is 0 Å². The minimum Gasteiger partial charge on any atom is -0.497 e. The molecule has 6 N–H and O–H groups in total. The van der Waals surface area contributed by atoms with Crippen LogP contribution in [0.2, 0.25) is 0 Å². The molecule has 2 heterocycles. The summed E-state index contributed by atoms with van der Waals surface area (Å²) < 4.78 is 15.9. The maximum atomic E-state index is 10.9. The zero-order valence-electron chi connectivity index (χ0n) is 17.5. The average molecular weight is 445 g/mol. The van der Waals surface area contributed by atoms with E-state index in [-0.39, 0.29) is 5.75 Å². The second kappa shape index (κ2) is 9.07. The Balaban J connectivity index is 1.60. The Morgan fingerprint density at radius 1 is 1.06 bits per heavy atom. The van der Waals surface area contributed by atoms with Crippen LogP contribution in [-0.2, 0) is 17.6 Å². The molecule has 1 fully saturated rings. The number of ether oxygens (including phenoxy) is 3. The largest absolute Gasteiger partial charge is 0.497 e. The van der Waals surface area contributed by atoms with Gasteiger partial charge in [-0.15, -0.1) is 0 Å². The molecule has 5 atom stereocenters. The third kappa shape index (κ3) is 4.06. The first-order chi connectivity index (χ1) is 15.4. The van der Waals surface area contributed by atoms with Gasteiger partial charge in [0, 0.05) is 17.1 Å². The SMILES string of the molecule is COc1ccc(CCc2c[nH]c3cccc(O[C@]4(O)[C@H](O)O[C@H](CO)[C@@H](O)[C@@H]4O)c23)cc1. The molecule has 1 aliphatic heterocycles. The molecular formula is C23H27NO8. The van der Waals surface area contributed by atoms with Gasteiger partial charge in [0.2, 0.25) is 6.29 Å². The molecule has 0 saturated carbocycles. The summed E-state index contributed by atoms with van der Waals surface area (Å²) in [5, 5.41) is 51.6. The topological polar surface area (TPSA) is 145 Å². The summed E-state index contributed by atoms with van der Waals surface area (Å²) >= 11 is 0. The Morgan fingerprint density at radius 2 is 1.81 bits per heavy atom. The van der Waals surface area contributed by atoms with Crippen molar-refractivity contribution in [1.82, 2.24) is 4.98 Å². The van der Waals surface area contributed by atoms with E-state index >= 15 is 0 Å². The maximum Gasteiger partial charge on any atom is 0.288 e. The highest BCUT2D eigenvalue weighted by Gasteiger charge is 2.57. The second-order valence-electron chi connectivity index (χ2n) is 7.84. The number of hydrogen-bond donors (Lipinski definition) is 6. The molecule has 0 amide bonds. The van der Waals surface area contributed by atoms with Gasteiger partial charge in [0.05, 0.1) is 13.7 Å². The fourth-order valence-corrected chi connectivity index (χ4v) is 3.95. The predicted molar refractivity (Wildman–Crippen MR) is 114 cm³/mol. The highest BCUT2D eigenvalue weighted by Crippen LogP contribution is 2.36. The Kier molecular flexibility index (Phi) is 6.38. The van der Waals surface area contributed by atoms with E-state index < -0.39 is 37.0 Å². The van der Waals surface area contributed by atoms with Crippen LogP contribution in [0.4, 0.5) is 0 Å². The fraction of sp³-hybridized carbons (Fsp3) is 0.391. The molecule has 1 aromatic heterocycles. The lowest BCUT2D eigenvalue weighted by Gasteiger charge is -2.45. The fourth-order valence-electron chi connectivity index (χ4n) is 3.95. The van der Waals surface area contributed by atoms with E-state index in [1.807, 2.05) is 36.5 Å². The molecule has 0 radical (unpaired) electrons. The molecule has 2 aromatic carbocycles. The number of fused-ring (bicyclic) bond motifs is 1. The summed E-state index contributed by atoms with van der Waals surface area (Å²) in [6, 6.07) is 12.9. The normalized spacial score (nSPS) is 28.1. The first kappa shape index (κ1) is 22.5. The minimum absolute atomic E-state index is 0.201. The van der Waals surface area contributed by atoms with Crippen LogP contribution >= 0.6 is 0 Å². The van der Waals surface area contributed by atoms with Crippen LogP contribution in [0.3, 0.4) is 0 Å². The number of aliphatic hydroxyl groups excluding tert-OH is 4. The summed E-state index contributed by atoms with van der Waals surface area (Å²) in [7, 11) is 1.62. The molecule has 0 spiro atoms. The first-order valence-electron chi connectivity index (χ1n) is 10.3. The van der Waals surface area contributed by atoms with Gasteiger partial charge in [-0.05, 0) is 48.2 Å². The molecule has 172 valence electrons. The van der Waals surface area contributed by atoms with Gasteiger partial charge in [-0.3, -0.25) is 0 Å². The first-order valence-corrected chi connectivity index (χ1v) is 10.3. The smallest absolute Gasteiger partial charge is 0.288 e. The molecule has 9 nitrogen and oxygen atoms in total. The number of aliphatic hydroxyl groups is 5. The molecule has 1 saturated heterocycles. The lowest BCUT2D eigenvalue weighted by atomic mass is 9.95. The summed E-state index contributed by atoms with van der Waals surface area (Å²) in [6.45, 7) is -0.645. The van der Waals surface area contributed by atoms with Crippen molar-refractivity contribution in [3.05, 3.63) is 59.8 Å². The summed E-state index contributed by atoms with van der Waals surface area (Å²) in [6.07, 6.45) is -3.59. The van der Waals surface area contributed by atoms with E-state index in [1.54, 1.807) is 19.2 Å². The number of benzene rings is 2. The van der Waals surface area contributed by atoms with Crippen LogP contribution in [0.5, 0.6) is 11.5 Å². The van der Waals surface area contributed by atoms with E-state index in [0.717, 1.165) is 28.8 Å². The number of nitrogens with one attached hydrogen (secondary N) is 1. The van der Waals surface area contributed by atoms with E-state index in [9.17, 15) is 25.5 Å². The van der Waals surface area contributed by atoms with Crippen molar-refractivity contribution in [3.63, 3.8) is 0 Å². The zero-order chi connectivity index (χ0) is 22.9. The number of aryl methyl sites for hydroxylation is 2. The molecule has 9 heteroatoms. The molecule has 32 heavy (non-hydrogen) atoms. The number of hydrogen-bond acceptors (Lipinski definition) is 8. The zero-order valence-corrected chi connectivity index (χ0v) is 17.5. The molecule has 4 rings (SSSR count). The van der Waals surface area contributed by atoms with Gasteiger partial charge in [0.15, 0.2) is 6.10 Å². The Hall–Kier alpha value is -2.66. The molecule has 1 aliphatic rings. The number of aromatic amines is 1. The molecule has 0 bridgehead atoms. The van der Waals surface area contributed by atoms with Crippen molar-refractivity contribution in [3.8, 4) is 11.5 Å². The van der Waals surface area contributed by atoms with E-state index in [4.69, 9.17) is 14.2 Å². The van der Waals surface area contributed by atoms with Gasteiger partial charge in [-0.25, -0.2) is 0 Å². The van der Waals surface area contributed by atoms with Gasteiger partial charge in [0.25, 0.3) is 5.79 Å². The minimum atomic E-state index is -2.64. The summed E-state index contributed by atoms with van der Waals surface area (Å²) in [5.41, 5.74) is 2.76. The van der Waals surface area contributed by atoms with Crippen molar-refractivity contribution < 1.29 is 39.7 Å². The van der Waals surface area contributed by atoms with Crippen LogP contribution in [0.15, 0.2) is 48.7 Å². The highest BCUT2D eigenvalue weighted by atomic mass is 16.7. The van der Waals surface area contributed by atoms with Gasteiger partial charge in [-0.2, -0.15) is 0 Å². The highest BCUT2D eigenvalue weighted by molar-refractivity contribution is 5.89. The van der Waals surface area contributed by atoms with Gasteiger partial charge < -0.3 is 44.7 Å². The van der Waals surface area contributed by atoms with Crippen molar-refractivity contribution >= 4 is 10.9 Å². The third-order valence-electron chi connectivity index (χ3n) is 5.83. The van der Waals surface area contributed by atoms with E-state index in [1.165, 1.54) is 0 Å². The quantitative estimate of drug-likeness (QED) is 0.288. The van der Waals surface area contributed by atoms with E-state index in [0.29, 0.717) is 11.8 Å². The van der Waals surface area contributed by atoms with Gasteiger partial charge in [-0.1, -0.05) is 18.2 Å². The monoisotopic (exact) mass is 445 g/mol. The molecule has 0 aliphatic carbocycles. The Bertz CT molecular complexity index is 1050. The standard InChI is InChI=1S/C23H27NO8/c1-30-15-9-6-13(7-10-15)5-8-14-11-24-16-3-2-4-17(19(14)16)32-23(29)21(27)20(26)18(12-25)31-22(23)28/h2-4,6-7,9-11,18,20-22,24-29H,5,8,12H2,1H3/t18-,20-,21+,22-,23+/m1/s1. The summed E-state index contributed by atoms with van der Waals surface area (Å²) in [4.78, 5) is 3.16. The number of rotatable bonds is 7. The van der Waals surface area contributed by atoms with Crippen LogP contribution in [0, 0.1) is 0 Å². The number of aromatic nitrogens is 1. The molecule has 3 aromatic rings. The second-order valence-corrected chi connectivity index (χ2v) is 7.84. The molecule has 0 unspecified atom stereocenters. The van der Waals surface area contributed by atoms with E-state index in [2.05, 4.69) is 4.98 Å². The number of H-pyrrole nitrogens is 1. The van der Waals surface area contributed by atoms with Crippen LogP contribution in [-0.4, -0.2) is 74.6 Å². The van der Waals surface area contributed by atoms with Crippen LogP contribution in [0.1, 0.15) is 11.1 Å². The Morgan fingerprint density at radius 3 is 2.50 bits per heavy atom. The Labute approximate surface area is 184 Å². The number of methoxy groups -OCH3 is 1. The van der Waals surface area contributed by atoms with Crippen molar-refractivity contribution in [2.45, 2.75) is 43.2 Å². The van der Waals surface area contributed by atoms with Gasteiger partial charge in [0.1, 0.15) is 23.7 Å². The van der Waals surface area contributed by atoms with Crippen molar-refractivity contribution in [2.75, 3.05) is 13.7 Å². The third-order valence-corrected chi connectivity index (χ3v) is 5.83. The predicted octanol–water partition coefficient (Wildman–Crippen LogP) is 0.460. The maximum absolute atomic E-state index is 10.9. The summed E-state index contributed by atoms with van der Waals surface area (Å²) in [5.74, 6) is -1.65. The van der Waals surface area contributed by atoms with Crippen LogP contribution in [0.25, 0.3) is 10.9 Å². The van der Waals surface area contributed by atoms with Gasteiger partial charge >= 0.3 is 0 Å². The van der Waals surface area contributed by atoms with Crippen molar-refractivity contribution in [2.24, 2.45) is 0 Å².